The van der Waals surface area contributed by atoms with Crippen LogP contribution in [0.2, 0.25) is 0 Å². The van der Waals surface area contributed by atoms with Gasteiger partial charge in [-0.25, -0.2) is 0 Å². The summed E-state index contributed by atoms with van der Waals surface area (Å²) in [7, 11) is 0. The van der Waals surface area contributed by atoms with E-state index in [0.29, 0.717) is 12.8 Å². The van der Waals surface area contributed by atoms with Crippen LogP contribution in [0.3, 0.4) is 0 Å². The average molecular weight is 347 g/mol. The molecule has 0 spiro atoms. The number of hydrogen-bond acceptors (Lipinski definition) is 2. The first-order valence-corrected chi connectivity index (χ1v) is 7.86. The predicted molar refractivity (Wildman–Crippen MR) is 88.0 cm³/mol. The first-order chi connectivity index (χ1) is 10.1. The van der Waals surface area contributed by atoms with E-state index in [1.807, 2.05) is 37.3 Å². The van der Waals surface area contributed by atoms with E-state index in [9.17, 15) is 4.79 Å². The van der Waals surface area contributed by atoms with Crippen LogP contribution in [0.1, 0.15) is 24.6 Å². The van der Waals surface area contributed by atoms with E-state index in [-0.39, 0.29) is 11.9 Å². The molecule has 0 aliphatic carbocycles. The Bertz CT molecular complexity index is 569. The molecule has 0 bridgehead atoms. The van der Waals surface area contributed by atoms with E-state index in [1.165, 1.54) is 5.56 Å². The molecule has 0 saturated heterocycles. The Morgan fingerprint density at radius 3 is 2.67 bits per heavy atom. The molecule has 1 aromatic heterocycles. The van der Waals surface area contributed by atoms with E-state index in [1.54, 1.807) is 6.20 Å². The van der Waals surface area contributed by atoms with Crippen LogP contribution in [0.4, 0.5) is 0 Å². The molecule has 1 N–H and O–H groups in total. The van der Waals surface area contributed by atoms with Crippen LogP contribution in [0, 0.1) is 0 Å². The Morgan fingerprint density at radius 1 is 1.24 bits per heavy atom. The summed E-state index contributed by atoms with van der Waals surface area (Å²) in [5.74, 6) is 0.0743. The Labute approximate surface area is 133 Å². The van der Waals surface area contributed by atoms with E-state index < -0.39 is 0 Å². The highest BCUT2D eigenvalue weighted by Gasteiger charge is 2.08. The van der Waals surface area contributed by atoms with Crippen LogP contribution < -0.4 is 5.32 Å². The number of aryl methyl sites for hydroxylation is 1. The van der Waals surface area contributed by atoms with Crippen molar-refractivity contribution in [3.05, 3.63) is 64.4 Å². The molecular weight excluding hydrogens is 328 g/mol. The molecule has 2 rings (SSSR count). The normalized spacial score (nSPS) is 11.9. The van der Waals surface area contributed by atoms with E-state index in [2.05, 4.69) is 38.4 Å². The fourth-order valence-electron chi connectivity index (χ4n) is 2.16. The summed E-state index contributed by atoms with van der Waals surface area (Å²) >= 11 is 3.42. The fourth-order valence-corrected chi connectivity index (χ4v) is 2.42. The van der Waals surface area contributed by atoms with Gasteiger partial charge in [0.15, 0.2) is 0 Å². The summed E-state index contributed by atoms with van der Waals surface area (Å²) in [6.45, 7) is 2.03. The Kier molecular flexibility index (Phi) is 5.93. The molecule has 0 aliphatic rings. The van der Waals surface area contributed by atoms with Crippen molar-refractivity contribution in [2.45, 2.75) is 32.2 Å². The number of aromatic nitrogens is 1. The number of carbonyl (C=O) groups excluding carboxylic acids is 1. The molecule has 0 saturated carbocycles. The van der Waals surface area contributed by atoms with Crippen LogP contribution >= 0.6 is 15.9 Å². The minimum atomic E-state index is 0.0743. The quantitative estimate of drug-likeness (QED) is 0.869. The monoisotopic (exact) mass is 346 g/mol. The van der Waals surface area contributed by atoms with Crippen LogP contribution in [0.15, 0.2) is 53.1 Å². The largest absolute Gasteiger partial charge is 0.353 e. The number of benzene rings is 1. The van der Waals surface area contributed by atoms with E-state index >= 15 is 0 Å². The summed E-state index contributed by atoms with van der Waals surface area (Å²) in [5.41, 5.74) is 2.17. The van der Waals surface area contributed by atoms with E-state index in [0.717, 1.165) is 16.6 Å². The first kappa shape index (κ1) is 15.7. The smallest absolute Gasteiger partial charge is 0.220 e. The number of rotatable bonds is 6. The Morgan fingerprint density at radius 2 is 2.00 bits per heavy atom. The van der Waals surface area contributed by atoms with Gasteiger partial charge in [-0.05, 0) is 49.6 Å². The Hall–Kier alpha value is -1.68. The van der Waals surface area contributed by atoms with Gasteiger partial charge in [0.2, 0.25) is 5.91 Å². The SMILES string of the molecule is C[C@@H](Cc1ccc(Br)cc1)NC(=O)CCc1ccccn1. The van der Waals surface area contributed by atoms with Gasteiger partial charge in [0.25, 0.3) is 0 Å². The molecule has 2 aromatic rings. The molecule has 0 unspecified atom stereocenters. The summed E-state index contributed by atoms with van der Waals surface area (Å²) in [6, 6.07) is 14.1. The maximum atomic E-state index is 11.9. The molecule has 1 aromatic carbocycles. The molecule has 1 heterocycles. The second-order valence-electron chi connectivity index (χ2n) is 5.12. The van der Waals surface area contributed by atoms with Crippen LogP contribution in [0.25, 0.3) is 0 Å². The third-order valence-electron chi connectivity index (χ3n) is 3.20. The highest BCUT2D eigenvalue weighted by Crippen LogP contribution is 2.12. The number of amides is 1. The predicted octanol–water partition coefficient (Wildman–Crippen LogP) is 3.52. The lowest BCUT2D eigenvalue weighted by Crippen LogP contribution is -2.34. The van der Waals surface area contributed by atoms with Crippen molar-refractivity contribution < 1.29 is 4.79 Å². The summed E-state index contributed by atoms with van der Waals surface area (Å²) in [5, 5.41) is 3.03. The van der Waals surface area contributed by atoms with Gasteiger partial charge >= 0.3 is 0 Å². The average Bonchev–Trinajstić information content (AvgIpc) is 2.48. The van der Waals surface area contributed by atoms with Crippen molar-refractivity contribution in [3.8, 4) is 0 Å². The molecule has 4 heteroatoms. The topological polar surface area (TPSA) is 42.0 Å². The van der Waals surface area contributed by atoms with Crippen molar-refractivity contribution in [2.24, 2.45) is 0 Å². The number of halogens is 1. The maximum Gasteiger partial charge on any atom is 0.220 e. The number of nitrogens with zero attached hydrogens (tertiary/aromatic N) is 1. The van der Waals surface area contributed by atoms with Gasteiger partial charge < -0.3 is 5.32 Å². The second kappa shape index (κ2) is 7.93. The lowest BCUT2D eigenvalue weighted by atomic mass is 10.1. The van der Waals surface area contributed by atoms with E-state index in [4.69, 9.17) is 0 Å². The standard InChI is InChI=1S/C17H19BrN2O/c1-13(12-14-5-7-15(18)8-6-14)20-17(21)10-9-16-4-2-3-11-19-16/h2-8,11,13H,9-10,12H2,1H3,(H,20,21)/t13-/m0/s1. The van der Waals surface area contributed by atoms with Crippen molar-refractivity contribution in [1.82, 2.24) is 10.3 Å². The number of nitrogens with one attached hydrogen (secondary N) is 1. The lowest BCUT2D eigenvalue weighted by Gasteiger charge is -2.14. The number of pyridine rings is 1. The molecular formula is C17H19BrN2O. The van der Waals surface area contributed by atoms with Gasteiger partial charge in [-0.1, -0.05) is 34.1 Å². The van der Waals surface area contributed by atoms with Gasteiger partial charge in [0.05, 0.1) is 0 Å². The zero-order valence-electron chi connectivity index (χ0n) is 12.1. The Balaban J connectivity index is 1.75. The van der Waals surface area contributed by atoms with Gasteiger partial charge in [-0.15, -0.1) is 0 Å². The number of carbonyl (C=O) groups is 1. The highest BCUT2D eigenvalue weighted by atomic mass is 79.9. The van der Waals surface area contributed by atoms with Gasteiger partial charge in [-0.2, -0.15) is 0 Å². The van der Waals surface area contributed by atoms with Crippen molar-refractivity contribution in [1.29, 1.82) is 0 Å². The number of hydrogen-bond donors (Lipinski definition) is 1. The van der Waals surface area contributed by atoms with Gasteiger partial charge in [0.1, 0.15) is 0 Å². The van der Waals surface area contributed by atoms with Crippen molar-refractivity contribution >= 4 is 21.8 Å². The lowest BCUT2D eigenvalue weighted by molar-refractivity contribution is -0.121. The minimum Gasteiger partial charge on any atom is -0.353 e. The fraction of sp³-hybridized carbons (Fsp3) is 0.294. The van der Waals surface area contributed by atoms with Gasteiger partial charge in [0, 0.05) is 28.8 Å². The molecule has 1 amide bonds. The zero-order valence-corrected chi connectivity index (χ0v) is 13.6. The third-order valence-corrected chi connectivity index (χ3v) is 3.73. The molecule has 3 nitrogen and oxygen atoms in total. The maximum absolute atomic E-state index is 11.9. The van der Waals surface area contributed by atoms with Gasteiger partial charge in [-0.3, -0.25) is 9.78 Å². The molecule has 21 heavy (non-hydrogen) atoms. The minimum absolute atomic E-state index is 0.0743. The van der Waals surface area contributed by atoms with Crippen LogP contribution in [-0.4, -0.2) is 16.9 Å². The van der Waals surface area contributed by atoms with Crippen molar-refractivity contribution in [2.75, 3.05) is 0 Å². The summed E-state index contributed by atoms with van der Waals surface area (Å²) < 4.78 is 1.07. The molecule has 110 valence electrons. The van der Waals surface area contributed by atoms with Crippen molar-refractivity contribution in [3.63, 3.8) is 0 Å². The highest BCUT2D eigenvalue weighted by molar-refractivity contribution is 9.10. The third kappa shape index (κ3) is 5.68. The molecule has 0 radical (unpaired) electrons. The molecule has 0 fully saturated rings. The molecule has 1 atom stereocenters. The van der Waals surface area contributed by atoms with Crippen LogP contribution in [-0.2, 0) is 17.6 Å². The second-order valence-corrected chi connectivity index (χ2v) is 6.04. The zero-order chi connectivity index (χ0) is 15.1. The van der Waals surface area contributed by atoms with Crippen LogP contribution in [0.5, 0.6) is 0 Å². The summed E-state index contributed by atoms with van der Waals surface area (Å²) in [6.07, 6.45) is 3.74. The molecule has 0 aliphatic heterocycles. The first-order valence-electron chi connectivity index (χ1n) is 7.07. The summed E-state index contributed by atoms with van der Waals surface area (Å²) in [4.78, 5) is 16.1.